The Hall–Kier alpha value is -8.14. The van der Waals surface area contributed by atoms with Crippen LogP contribution in [0.3, 0.4) is 0 Å². The van der Waals surface area contributed by atoms with Gasteiger partial charge in [-0.2, -0.15) is 0 Å². The van der Waals surface area contributed by atoms with Gasteiger partial charge in [0.15, 0.2) is 0 Å². The molecule has 12 aromatic rings. The topological polar surface area (TPSA) is 29.5 Å². The Morgan fingerprint density at radius 2 is 0.869 bits per heavy atom. The third-order valence-electron chi connectivity index (χ3n) is 12.1. The van der Waals surface area contributed by atoms with Crippen molar-refractivity contribution in [3.05, 3.63) is 224 Å². The van der Waals surface area contributed by atoms with Gasteiger partial charge in [-0.3, -0.25) is 0 Å². The molecular formula is C58H37NO2. The molecule has 0 fully saturated rings. The van der Waals surface area contributed by atoms with Gasteiger partial charge in [0.25, 0.3) is 0 Å². The molecule has 12 rings (SSSR count). The minimum Gasteiger partial charge on any atom is -0.455 e. The first-order valence-corrected chi connectivity index (χ1v) is 20.7. The summed E-state index contributed by atoms with van der Waals surface area (Å²) in [4.78, 5) is 2.39. The molecule has 0 radical (unpaired) electrons. The quantitative estimate of drug-likeness (QED) is 0.161. The number of benzene rings is 10. The minimum absolute atomic E-state index is 0.869. The molecule has 3 heteroatoms. The van der Waals surface area contributed by atoms with Gasteiger partial charge in [0.1, 0.15) is 22.3 Å². The van der Waals surface area contributed by atoms with E-state index in [-0.39, 0.29) is 0 Å². The van der Waals surface area contributed by atoms with Crippen molar-refractivity contribution in [3.8, 4) is 44.5 Å². The number of hydrogen-bond acceptors (Lipinski definition) is 3. The Morgan fingerprint density at radius 1 is 0.295 bits per heavy atom. The molecule has 0 unspecified atom stereocenters. The molecule has 2 aromatic heterocycles. The van der Waals surface area contributed by atoms with E-state index in [2.05, 4.69) is 223 Å². The van der Waals surface area contributed by atoms with E-state index in [1.54, 1.807) is 0 Å². The fourth-order valence-corrected chi connectivity index (χ4v) is 9.24. The smallest absolute Gasteiger partial charge is 0.143 e. The number of anilines is 3. The van der Waals surface area contributed by atoms with Crippen molar-refractivity contribution >= 4 is 71.7 Å². The van der Waals surface area contributed by atoms with Crippen LogP contribution in [0.1, 0.15) is 0 Å². The van der Waals surface area contributed by atoms with Crippen LogP contribution in [0.5, 0.6) is 0 Å². The van der Waals surface area contributed by atoms with Gasteiger partial charge < -0.3 is 13.7 Å². The van der Waals surface area contributed by atoms with E-state index < -0.39 is 0 Å². The summed E-state index contributed by atoms with van der Waals surface area (Å²) in [5.74, 6) is 0. The van der Waals surface area contributed by atoms with Gasteiger partial charge in [-0.1, -0.05) is 182 Å². The van der Waals surface area contributed by atoms with Crippen molar-refractivity contribution in [1.82, 2.24) is 0 Å². The zero-order valence-corrected chi connectivity index (χ0v) is 33.1. The molecule has 2 heterocycles. The predicted octanol–water partition coefficient (Wildman–Crippen LogP) is 16.8. The lowest BCUT2D eigenvalue weighted by atomic mass is 9.95. The molecule has 0 N–H and O–H groups in total. The van der Waals surface area contributed by atoms with Crippen molar-refractivity contribution < 1.29 is 8.83 Å². The van der Waals surface area contributed by atoms with E-state index in [1.165, 1.54) is 11.1 Å². The molecule has 0 bridgehead atoms. The number of hydrogen-bond donors (Lipinski definition) is 0. The zero-order valence-electron chi connectivity index (χ0n) is 33.1. The fraction of sp³-hybridized carbons (Fsp3) is 0. The highest BCUT2D eigenvalue weighted by Crippen LogP contribution is 2.47. The van der Waals surface area contributed by atoms with Crippen LogP contribution in [0.2, 0.25) is 0 Å². The molecule has 3 nitrogen and oxygen atoms in total. The summed E-state index contributed by atoms with van der Waals surface area (Å²) in [6, 6.07) is 79.7. The minimum atomic E-state index is 0.869. The van der Waals surface area contributed by atoms with Crippen LogP contribution in [0.15, 0.2) is 233 Å². The molecule has 0 spiro atoms. The maximum absolute atomic E-state index is 6.90. The third kappa shape index (κ3) is 5.82. The summed E-state index contributed by atoms with van der Waals surface area (Å²) in [5, 5.41) is 6.70. The highest BCUT2D eigenvalue weighted by Gasteiger charge is 2.22. The molecule has 0 aliphatic carbocycles. The van der Waals surface area contributed by atoms with Gasteiger partial charge in [0.2, 0.25) is 0 Å². The van der Waals surface area contributed by atoms with Gasteiger partial charge in [0, 0.05) is 55.0 Å². The summed E-state index contributed by atoms with van der Waals surface area (Å²) in [7, 11) is 0. The van der Waals surface area contributed by atoms with E-state index in [0.717, 1.165) is 105 Å². The van der Waals surface area contributed by atoms with Crippen molar-refractivity contribution in [2.75, 3.05) is 4.90 Å². The lowest BCUT2D eigenvalue weighted by molar-refractivity contribution is 0.671. The molecule has 0 saturated heterocycles. The van der Waals surface area contributed by atoms with Crippen molar-refractivity contribution in [1.29, 1.82) is 0 Å². The average molecular weight is 780 g/mol. The lowest BCUT2D eigenvalue weighted by Crippen LogP contribution is -2.11. The van der Waals surface area contributed by atoms with Gasteiger partial charge >= 0.3 is 0 Å². The van der Waals surface area contributed by atoms with E-state index in [4.69, 9.17) is 8.83 Å². The average Bonchev–Trinajstić information content (AvgIpc) is 3.92. The summed E-state index contributed by atoms with van der Waals surface area (Å²) >= 11 is 0. The zero-order chi connectivity index (χ0) is 40.3. The molecule has 61 heavy (non-hydrogen) atoms. The lowest BCUT2D eigenvalue weighted by Gasteiger charge is -2.28. The summed E-state index contributed by atoms with van der Waals surface area (Å²) < 4.78 is 13.6. The molecule has 0 aliphatic heterocycles. The normalized spacial score (nSPS) is 11.6. The third-order valence-corrected chi connectivity index (χ3v) is 12.1. The number of furan rings is 2. The first-order chi connectivity index (χ1) is 30.3. The van der Waals surface area contributed by atoms with Gasteiger partial charge in [-0.05, 0) is 75.7 Å². The Morgan fingerprint density at radius 3 is 1.66 bits per heavy atom. The molecule has 10 aromatic carbocycles. The van der Waals surface area contributed by atoms with E-state index in [9.17, 15) is 0 Å². The number of fused-ring (bicyclic) bond motifs is 8. The molecule has 0 atom stereocenters. The largest absolute Gasteiger partial charge is 0.455 e. The molecule has 0 amide bonds. The van der Waals surface area contributed by atoms with Crippen LogP contribution in [-0.2, 0) is 0 Å². The second-order valence-corrected chi connectivity index (χ2v) is 15.6. The first kappa shape index (κ1) is 34.9. The number of para-hydroxylation sites is 3. The Balaban J connectivity index is 1.05. The Kier molecular flexibility index (Phi) is 8.17. The highest BCUT2D eigenvalue weighted by molar-refractivity contribution is 6.20. The second kappa shape index (κ2) is 14.3. The molecular weight excluding hydrogens is 743 g/mol. The van der Waals surface area contributed by atoms with E-state index in [0.29, 0.717) is 0 Å². The standard InChI is InChI=1S/C58H37NO2/c1-3-15-38(16-4-1)39-31-34-43(35-32-39)59(53-29-10-9-23-48(53)49-26-14-30-54-55(49)52-36-33-41-19-7-8-22-45(41)58(52)60-54)44-21-11-20-42(37-44)47-25-13-28-51-50-27-12-24-46(56(50)61-57(47)51)40-17-5-2-6-18-40/h1-37H. The van der Waals surface area contributed by atoms with Crippen LogP contribution in [0.4, 0.5) is 17.1 Å². The SMILES string of the molecule is c1ccc(-c2ccc(N(c3cccc(-c4cccc5c4oc4c(-c6ccccc6)cccc45)c3)c3ccccc3-c3cccc4oc5c6ccccc6ccc5c34)cc2)cc1. The molecule has 286 valence electrons. The van der Waals surface area contributed by atoms with E-state index >= 15 is 0 Å². The van der Waals surface area contributed by atoms with Crippen molar-refractivity contribution in [2.45, 2.75) is 0 Å². The molecule has 0 saturated carbocycles. The Labute approximate surface area is 353 Å². The van der Waals surface area contributed by atoms with Crippen LogP contribution in [0, 0.1) is 0 Å². The van der Waals surface area contributed by atoms with Crippen LogP contribution < -0.4 is 4.90 Å². The number of rotatable bonds is 7. The maximum atomic E-state index is 6.90. The van der Waals surface area contributed by atoms with Crippen molar-refractivity contribution in [3.63, 3.8) is 0 Å². The maximum Gasteiger partial charge on any atom is 0.143 e. The number of nitrogens with zero attached hydrogens (tertiary/aromatic N) is 1. The summed E-state index contributed by atoms with van der Waals surface area (Å²) in [6.07, 6.45) is 0. The van der Waals surface area contributed by atoms with Crippen LogP contribution in [0.25, 0.3) is 99.2 Å². The van der Waals surface area contributed by atoms with Gasteiger partial charge in [-0.25, -0.2) is 0 Å². The Bertz CT molecular complexity index is 3580. The van der Waals surface area contributed by atoms with E-state index in [1.807, 2.05) is 6.07 Å². The predicted molar refractivity (Wildman–Crippen MR) is 255 cm³/mol. The molecule has 0 aliphatic rings. The van der Waals surface area contributed by atoms with Crippen LogP contribution >= 0.6 is 0 Å². The van der Waals surface area contributed by atoms with Gasteiger partial charge in [-0.15, -0.1) is 0 Å². The monoisotopic (exact) mass is 779 g/mol. The summed E-state index contributed by atoms with van der Waals surface area (Å²) in [5.41, 5.74) is 15.6. The van der Waals surface area contributed by atoms with Gasteiger partial charge in [0.05, 0.1) is 5.69 Å². The second-order valence-electron chi connectivity index (χ2n) is 15.6. The van der Waals surface area contributed by atoms with Crippen molar-refractivity contribution in [2.24, 2.45) is 0 Å². The highest BCUT2D eigenvalue weighted by atomic mass is 16.3. The first-order valence-electron chi connectivity index (χ1n) is 20.7. The van der Waals surface area contributed by atoms with Crippen LogP contribution in [-0.4, -0.2) is 0 Å². The summed E-state index contributed by atoms with van der Waals surface area (Å²) in [6.45, 7) is 0. The fourth-order valence-electron chi connectivity index (χ4n) is 9.24.